The molecule has 0 aliphatic carbocycles. The lowest BCUT2D eigenvalue weighted by molar-refractivity contribution is 0.102. The predicted molar refractivity (Wildman–Crippen MR) is 127 cm³/mol. The number of benzene rings is 2. The highest BCUT2D eigenvalue weighted by Crippen LogP contribution is 2.35. The number of nitrogens with zero attached hydrogens (tertiary/aromatic N) is 4. The van der Waals surface area contributed by atoms with Crippen molar-refractivity contribution < 1.29 is 9.18 Å². The number of amides is 1. The summed E-state index contributed by atoms with van der Waals surface area (Å²) >= 11 is 0. The van der Waals surface area contributed by atoms with Gasteiger partial charge in [-0.3, -0.25) is 4.79 Å². The SMILES string of the molecule is CCCc1ccc(C(=O)Nc2cn3nc(N4CCCC4c4ccc(F)cc4)ccc3n2)cc1. The van der Waals surface area contributed by atoms with Gasteiger partial charge < -0.3 is 10.2 Å². The average molecular weight is 444 g/mol. The minimum atomic E-state index is -0.229. The summed E-state index contributed by atoms with van der Waals surface area (Å²) in [5.74, 6) is 0.861. The first-order valence-electron chi connectivity index (χ1n) is 11.4. The molecule has 7 heteroatoms. The molecule has 2 aromatic carbocycles. The second-order valence-corrected chi connectivity index (χ2v) is 8.42. The molecule has 1 unspecified atom stereocenters. The van der Waals surface area contributed by atoms with Crippen molar-refractivity contribution in [3.63, 3.8) is 0 Å². The van der Waals surface area contributed by atoms with Crippen LogP contribution in [-0.4, -0.2) is 27.0 Å². The second kappa shape index (κ2) is 9.02. The monoisotopic (exact) mass is 443 g/mol. The van der Waals surface area contributed by atoms with Crippen LogP contribution in [0, 0.1) is 5.82 Å². The molecule has 1 N–H and O–H groups in total. The summed E-state index contributed by atoms with van der Waals surface area (Å²) in [5.41, 5.74) is 3.56. The van der Waals surface area contributed by atoms with Gasteiger partial charge >= 0.3 is 0 Å². The number of nitrogens with one attached hydrogen (secondary N) is 1. The molecule has 0 bridgehead atoms. The number of hydrogen-bond donors (Lipinski definition) is 1. The average Bonchev–Trinajstić information content (AvgIpc) is 3.46. The number of rotatable bonds is 6. The molecule has 33 heavy (non-hydrogen) atoms. The molecule has 2 aromatic heterocycles. The van der Waals surface area contributed by atoms with E-state index in [-0.39, 0.29) is 17.8 Å². The van der Waals surface area contributed by atoms with Crippen molar-refractivity contribution in [2.45, 2.75) is 38.6 Å². The Kier molecular flexibility index (Phi) is 5.77. The Balaban J connectivity index is 1.34. The van der Waals surface area contributed by atoms with Crippen LogP contribution in [0.4, 0.5) is 16.0 Å². The molecule has 4 aromatic rings. The van der Waals surface area contributed by atoms with E-state index in [0.717, 1.165) is 43.6 Å². The fraction of sp³-hybridized carbons (Fsp3) is 0.269. The van der Waals surface area contributed by atoms with Gasteiger partial charge in [-0.2, -0.15) is 0 Å². The molecule has 1 aliphatic heterocycles. The van der Waals surface area contributed by atoms with Crippen LogP contribution in [0.5, 0.6) is 0 Å². The number of aromatic nitrogens is 3. The molecule has 0 spiro atoms. The van der Waals surface area contributed by atoms with Crippen LogP contribution in [0.2, 0.25) is 0 Å². The Hall–Kier alpha value is -3.74. The molecule has 1 atom stereocenters. The van der Waals surface area contributed by atoms with Crippen LogP contribution in [0.15, 0.2) is 66.9 Å². The van der Waals surface area contributed by atoms with Crippen LogP contribution in [0.3, 0.4) is 0 Å². The molecule has 168 valence electrons. The minimum absolute atomic E-state index is 0.161. The van der Waals surface area contributed by atoms with Gasteiger partial charge in [0.15, 0.2) is 11.5 Å². The van der Waals surface area contributed by atoms with E-state index in [2.05, 4.69) is 22.1 Å². The third kappa shape index (κ3) is 4.44. The predicted octanol–water partition coefficient (Wildman–Crippen LogP) is 5.41. The Morgan fingerprint density at radius 2 is 1.88 bits per heavy atom. The molecule has 0 saturated carbocycles. The summed E-state index contributed by atoms with van der Waals surface area (Å²) in [6, 6.07) is 18.4. The summed E-state index contributed by atoms with van der Waals surface area (Å²) in [6.07, 6.45) is 5.84. The Morgan fingerprint density at radius 1 is 1.09 bits per heavy atom. The topological polar surface area (TPSA) is 62.5 Å². The van der Waals surface area contributed by atoms with Gasteiger partial charge in [-0.05, 0) is 66.8 Å². The molecule has 1 amide bonds. The number of carbonyl (C=O) groups is 1. The molecule has 6 nitrogen and oxygen atoms in total. The number of aryl methyl sites for hydroxylation is 1. The van der Waals surface area contributed by atoms with Gasteiger partial charge in [0.25, 0.3) is 5.91 Å². The maximum atomic E-state index is 13.4. The van der Waals surface area contributed by atoms with Crippen LogP contribution in [0.1, 0.15) is 53.7 Å². The first kappa shape index (κ1) is 21.1. The maximum Gasteiger partial charge on any atom is 0.256 e. The first-order chi connectivity index (χ1) is 16.1. The smallest absolute Gasteiger partial charge is 0.256 e. The van der Waals surface area contributed by atoms with Gasteiger partial charge in [-0.15, -0.1) is 5.10 Å². The van der Waals surface area contributed by atoms with Crippen molar-refractivity contribution in [2.75, 3.05) is 16.8 Å². The zero-order valence-electron chi connectivity index (χ0n) is 18.5. The van der Waals surface area contributed by atoms with E-state index in [1.807, 2.05) is 48.5 Å². The van der Waals surface area contributed by atoms with Gasteiger partial charge in [0.05, 0.1) is 12.2 Å². The Labute approximate surface area is 192 Å². The van der Waals surface area contributed by atoms with Crippen LogP contribution in [0.25, 0.3) is 5.65 Å². The highest BCUT2D eigenvalue weighted by atomic mass is 19.1. The zero-order valence-corrected chi connectivity index (χ0v) is 18.5. The third-order valence-corrected chi connectivity index (χ3v) is 6.10. The third-order valence-electron chi connectivity index (χ3n) is 6.10. The van der Waals surface area contributed by atoms with Gasteiger partial charge in [0, 0.05) is 12.1 Å². The number of halogens is 1. The zero-order chi connectivity index (χ0) is 22.8. The van der Waals surface area contributed by atoms with E-state index >= 15 is 0 Å². The molecule has 1 aliphatic rings. The lowest BCUT2D eigenvalue weighted by Crippen LogP contribution is -2.24. The molecule has 5 rings (SSSR count). The number of fused-ring (bicyclic) bond motifs is 1. The summed E-state index contributed by atoms with van der Waals surface area (Å²) in [6.45, 7) is 3.02. The van der Waals surface area contributed by atoms with Gasteiger partial charge in [0.2, 0.25) is 0 Å². The van der Waals surface area contributed by atoms with Crippen molar-refractivity contribution in [3.8, 4) is 0 Å². The fourth-order valence-electron chi connectivity index (χ4n) is 4.46. The number of hydrogen-bond acceptors (Lipinski definition) is 4. The standard InChI is InChI=1S/C26H26FN5O/c1-2-4-18-6-8-20(9-7-18)26(33)29-23-17-32-24(28-23)14-15-25(30-32)31-16-3-5-22(31)19-10-12-21(27)13-11-19/h6-15,17,22H,2-5,16H2,1H3,(H,29,33). The molecule has 1 saturated heterocycles. The van der Waals surface area contributed by atoms with Crippen molar-refractivity contribution >= 4 is 23.2 Å². The Bertz CT molecular complexity index is 1270. The molecule has 1 fully saturated rings. The lowest BCUT2D eigenvalue weighted by atomic mass is 10.0. The highest BCUT2D eigenvalue weighted by Gasteiger charge is 2.27. The molecular weight excluding hydrogens is 417 g/mol. The van der Waals surface area contributed by atoms with E-state index in [9.17, 15) is 9.18 Å². The van der Waals surface area contributed by atoms with Crippen molar-refractivity contribution in [1.82, 2.24) is 14.6 Å². The van der Waals surface area contributed by atoms with Crippen molar-refractivity contribution in [3.05, 3.63) is 89.4 Å². The quantitative estimate of drug-likeness (QED) is 0.433. The summed E-state index contributed by atoms with van der Waals surface area (Å²) < 4.78 is 15.0. The normalized spacial score (nSPS) is 15.8. The van der Waals surface area contributed by atoms with Crippen LogP contribution >= 0.6 is 0 Å². The van der Waals surface area contributed by atoms with Gasteiger partial charge in [-0.1, -0.05) is 37.6 Å². The molecule has 3 heterocycles. The summed E-state index contributed by atoms with van der Waals surface area (Å²) in [4.78, 5) is 19.4. The van der Waals surface area contributed by atoms with Gasteiger partial charge in [-0.25, -0.2) is 13.9 Å². The maximum absolute atomic E-state index is 13.4. The second-order valence-electron chi connectivity index (χ2n) is 8.42. The molecular formula is C26H26FN5O. The van der Waals surface area contributed by atoms with E-state index in [0.29, 0.717) is 17.0 Å². The minimum Gasteiger partial charge on any atom is -0.348 e. The van der Waals surface area contributed by atoms with E-state index in [1.165, 1.54) is 17.7 Å². The summed E-state index contributed by atoms with van der Waals surface area (Å²) in [5, 5.41) is 7.61. The van der Waals surface area contributed by atoms with Gasteiger partial charge in [0.1, 0.15) is 11.6 Å². The van der Waals surface area contributed by atoms with E-state index in [1.54, 1.807) is 10.7 Å². The van der Waals surface area contributed by atoms with E-state index < -0.39 is 0 Å². The molecule has 0 radical (unpaired) electrons. The highest BCUT2D eigenvalue weighted by molar-refractivity contribution is 6.03. The summed E-state index contributed by atoms with van der Waals surface area (Å²) in [7, 11) is 0. The number of carbonyl (C=O) groups excluding carboxylic acids is 1. The number of anilines is 2. The number of imidazole rings is 1. The van der Waals surface area contributed by atoms with E-state index in [4.69, 9.17) is 5.10 Å². The van der Waals surface area contributed by atoms with Crippen molar-refractivity contribution in [2.24, 2.45) is 0 Å². The van der Waals surface area contributed by atoms with Crippen molar-refractivity contribution in [1.29, 1.82) is 0 Å². The largest absolute Gasteiger partial charge is 0.348 e. The van der Waals surface area contributed by atoms with Crippen LogP contribution < -0.4 is 10.2 Å². The van der Waals surface area contributed by atoms with Crippen LogP contribution in [-0.2, 0) is 6.42 Å². The fourth-order valence-corrected chi connectivity index (χ4v) is 4.46. The first-order valence-corrected chi connectivity index (χ1v) is 11.4. The Morgan fingerprint density at radius 3 is 2.64 bits per heavy atom. The lowest BCUT2D eigenvalue weighted by Gasteiger charge is -2.26.